The Morgan fingerprint density at radius 2 is 2.50 bits per heavy atom. The number of halogens is 1. The first kappa shape index (κ1) is 9.60. The number of anilines is 1. The molecule has 0 saturated heterocycles. The first-order chi connectivity index (χ1) is 6.75. The Labute approximate surface area is 92.7 Å². The summed E-state index contributed by atoms with van der Waals surface area (Å²) in [6, 6.07) is -0.00759. The van der Waals surface area contributed by atoms with Crippen LogP contribution in [0.5, 0.6) is 0 Å². The molecule has 1 unspecified atom stereocenters. The van der Waals surface area contributed by atoms with Crippen LogP contribution in [0.3, 0.4) is 0 Å². The van der Waals surface area contributed by atoms with Gasteiger partial charge in [0, 0.05) is 5.38 Å². The zero-order valence-corrected chi connectivity index (χ0v) is 9.67. The number of hydrogen-bond donors (Lipinski definition) is 1. The molecule has 2 aromatic rings. The van der Waals surface area contributed by atoms with Crippen LogP contribution in [0.1, 0.15) is 18.8 Å². The van der Waals surface area contributed by atoms with Crippen molar-refractivity contribution in [3.63, 3.8) is 0 Å². The van der Waals surface area contributed by atoms with Gasteiger partial charge >= 0.3 is 0 Å². The Bertz CT molecular complexity index is 401. The lowest BCUT2D eigenvalue weighted by atomic mass is 10.3. The molecular formula is C7H7BrN4OS. The minimum atomic E-state index is -0.00759. The van der Waals surface area contributed by atoms with Crippen molar-refractivity contribution in [3.8, 4) is 0 Å². The third-order valence-electron chi connectivity index (χ3n) is 1.58. The molecule has 2 aromatic heterocycles. The van der Waals surface area contributed by atoms with Crippen molar-refractivity contribution in [2.24, 2.45) is 0 Å². The van der Waals surface area contributed by atoms with Crippen LogP contribution in [0.15, 0.2) is 20.9 Å². The SMILES string of the molecule is CC(Nc1nc(Br)cs1)c1ncon1. The molecule has 1 N–H and O–H groups in total. The lowest BCUT2D eigenvalue weighted by Crippen LogP contribution is -2.07. The van der Waals surface area contributed by atoms with Crippen LogP contribution in [0, 0.1) is 0 Å². The summed E-state index contributed by atoms with van der Waals surface area (Å²) in [6.45, 7) is 1.94. The van der Waals surface area contributed by atoms with Crippen LogP contribution in [-0.2, 0) is 0 Å². The predicted octanol–water partition coefficient (Wildman–Crippen LogP) is 2.46. The summed E-state index contributed by atoms with van der Waals surface area (Å²) >= 11 is 4.80. The smallest absolute Gasteiger partial charge is 0.213 e. The van der Waals surface area contributed by atoms with Crippen LogP contribution < -0.4 is 5.32 Å². The van der Waals surface area contributed by atoms with E-state index in [1.807, 2.05) is 12.3 Å². The summed E-state index contributed by atoms with van der Waals surface area (Å²) in [5.41, 5.74) is 0. The number of aromatic nitrogens is 3. The number of thiazole rings is 1. The summed E-state index contributed by atoms with van der Waals surface area (Å²) in [6.07, 6.45) is 1.31. The Hall–Kier alpha value is -0.950. The van der Waals surface area contributed by atoms with E-state index in [0.717, 1.165) is 9.73 Å². The van der Waals surface area contributed by atoms with Gasteiger partial charge in [0.25, 0.3) is 0 Å². The van der Waals surface area contributed by atoms with E-state index in [1.54, 1.807) is 0 Å². The molecule has 0 aliphatic heterocycles. The molecule has 0 amide bonds. The second kappa shape index (κ2) is 4.05. The highest BCUT2D eigenvalue weighted by molar-refractivity contribution is 9.10. The molecule has 0 aliphatic rings. The quantitative estimate of drug-likeness (QED) is 0.932. The molecule has 0 bridgehead atoms. The molecule has 5 nitrogen and oxygen atoms in total. The Morgan fingerprint density at radius 3 is 3.07 bits per heavy atom. The largest absolute Gasteiger partial charge is 0.352 e. The van der Waals surface area contributed by atoms with Gasteiger partial charge in [0.15, 0.2) is 11.0 Å². The first-order valence-corrected chi connectivity index (χ1v) is 5.57. The molecule has 0 aliphatic carbocycles. The summed E-state index contributed by atoms with van der Waals surface area (Å²) in [5, 5.41) is 9.63. The van der Waals surface area contributed by atoms with E-state index in [0.29, 0.717) is 5.82 Å². The summed E-state index contributed by atoms with van der Waals surface area (Å²) in [7, 11) is 0. The maximum Gasteiger partial charge on any atom is 0.213 e. The van der Waals surface area contributed by atoms with Crippen LogP contribution in [-0.4, -0.2) is 15.1 Å². The minimum absolute atomic E-state index is 0.00759. The Kier molecular flexibility index (Phi) is 2.78. The number of rotatable bonds is 3. The molecule has 1 atom stereocenters. The molecule has 7 heteroatoms. The van der Waals surface area contributed by atoms with Gasteiger partial charge in [0.2, 0.25) is 6.39 Å². The van der Waals surface area contributed by atoms with Crippen molar-refractivity contribution < 1.29 is 4.52 Å². The highest BCUT2D eigenvalue weighted by Crippen LogP contribution is 2.22. The zero-order valence-electron chi connectivity index (χ0n) is 7.27. The van der Waals surface area contributed by atoms with Gasteiger partial charge in [-0.05, 0) is 22.9 Å². The predicted molar refractivity (Wildman–Crippen MR) is 56.1 cm³/mol. The second-order valence-electron chi connectivity index (χ2n) is 2.63. The molecule has 0 radical (unpaired) electrons. The average molecular weight is 275 g/mol. The number of nitrogens with one attached hydrogen (secondary N) is 1. The molecule has 0 fully saturated rings. The lowest BCUT2D eigenvalue weighted by molar-refractivity contribution is 0.407. The average Bonchev–Trinajstić information content (AvgIpc) is 2.75. The van der Waals surface area contributed by atoms with Gasteiger partial charge in [-0.25, -0.2) is 4.98 Å². The number of nitrogens with zero attached hydrogens (tertiary/aromatic N) is 3. The third kappa shape index (κ3) is 2.10. The molecule has 14 heavy (non-hydrogen) atoms. The van der Waals surface area contributed by atoms with E-state index < -0.39 is 0 Å². The van der Waals surface area contributed by atoms with Crippen molar-refractivity contribution in [1.29, 1.82) is 0 Å². The third-order valence-corrected chi connectivity index (χ3v) is 3.06. The Balaban J connectivity index is 2.05. The monoisotopic (exact) mass is 274 g/mol. The molecular weight excluding hydrogens is 268 g/mol. The van der Waals surface area contributed by atoms with E-state index >= 15 is 0 Å². The van der Waals surface area contributed by atoms with Crippen LogP contribution in [0.4, 0.5) is 5.13 Å². The molecule has 0 saturated carbocycles. The van der Waals surface area contributed by atoms with Crippen LogP contribution in [0.25, 0.3) is 0 Å². The fraction of sp³-hybridized carbons (Fsp3) is 0.286. The van der Waals surface area contributed by atoms with Gasteiger partial charge in [0.1, 0.15) is 4.60 Å². The highest BCUT2D eigenvalue weighted by atomic mass is 79.9. The van der Waals surface area contributed by atoms with E-state index in [9.17, 15) is 0 Å². The minimum Gasteiger partial charge on any atom is -0.352 e. The summed E-state index contributed by atoms with van der Waals surface area (Å²) in [5.74, 6) is 0.622. The van der Waals surface area contributed by atoms with E-state index in [-0.39, 0.29) is 6.04 Å². The molecule has 0 spiro atoms. The molecule has 2 heterocycles. The summed E-state index contributed by atoms with van der Waals surface area (Å²) in [4.78, 5) is 8.14. The van der Waals surface area contributed by atoms with Gasteiger partial charge < -0.3 is 9.84 Å². The first-order valence-electron chi connectivity index (χ1n) is 3.89. The fourth-order valence-electron chi connectivity index (χ4n) is 0.940. The maximum atomic E-state index is 4.65. The molecule has 0 aromatic carbocycles. The van der Waals surface area contributed by atoms with Gasteiger partial charge in [-0.15, -0.1) is 11.3 Å². The van der Waals surface area contributed by atoms with Gasteiger partial charge in [-0.3, -0.25) is 0 Å². The second-order valence-corrected chi connectivity index (χ2v) is 4.30. The van der Waals surface area contributed by atoms with Gasteiger partial charge in [-0.2, -0.15) is 4.98 Å². The zero-order chi connectivity index (χ0) is 9.97. The van der Waals surface area contributed by atoms with Crippen molar-refractivity contribution in [1.82, 2.24) is 15.1 Å². The van der Waals surface area contributed by atoms with Crippen LogP contribution in [0.2, 0.25) is 0 Å². The van der Waals surface area contributed by atoms with Crippen molar-refractivity contribution in [2.45, 2.75) is 13.0 Å². The standard InChI is InChI=1S/C7H7BrN4OS/c1-4(6-9-3-13-12-6)10-7-11-5(8)2-14-7/h2-4H,1H3,(H,10,11). The lowest BCUT2D eigenvalue weighted by Gasteiger charge is -2.06. The fourth-order valence-corrected chi connectivity index (χ4v) is 2.17. The van der Waals surface area contributed by atoms with E-state index in [4.69, 9.17) is 0 Å². The normalized spacial score (nSPS) is 12.7. The van der Waals surface area contributed by atoms with Gasteiger partial charge in [-0.1, -0.05) is 5.16 Å². The van der Waals surface area contributed by atoms with Crippen LogP contribution >= 0.6 is 27.3 Å². The van der Waals surface area contributed by atoms with E-state index in [2.05, 4.69) is 40.9 Å². The number of hydrogen-bond acceptors (Lipinski definition) is 6. The van der Waals surface area contributed by atoms with Crippen molar-refractivity contribution in [2.75, 3.05) is 5.32 Å². The van der Waals surface area contributed by atoms with Crippen molar-refractivity contribution in [3.05, 3.63) is 22.2 Å². The maximum absolute atomic E-state index is 4.65. The molecule has 74 valence electrons. The van der Waals surface area contributed by atoms with E-state index in [1.165, 1.54) is 17.7 Å². The Morgan fingerprint density at radius 1 is 1.64 bits per heavy atom. The highest BCUT2D eigenvalue weighted by Gasteiger charge is 2.11. The van der Waals surface area contributed by atoms with Crippen molar-refractivity contribution >= 4 is 32.4 Å². The molecule has 2 rings (SSSR count). The topological polar surface area (TPSA) is 63.8 Å². The van der Waals surface area contributed by atoms with Gasteiger partial charge in [0.05, 0.1) is 6.04 Å². The summed E-state index contributed by atoms with van der Waals surface area (Å²) < 4.78 is 5.48.